The normalized spacial score (nSPS) is 11.1. The van der Waals surface area contributed by atoms with Crippen LogP contribution in [0.15, 0.2) is 39.9 Å². The Kier molecular flexibility index (Phi) is 8.34. The first kappa shape index (κ1) is 19.2. The summed E-state index contributed by atoms with van der Waals surface area (Å²) in [6, 6.07) is 8.20. The van der Waals surface area contributed by atoms with Crippen LogP contribution in [-0.2, 0) is 4.79 Å². The molecule has 1 atom stereocenters. The fraction of sp³-hybridized carbons (Fsp3) is 0.312. The van der Waals surface area contributed by atoms with Crippen LogP contribution in [0.25, 0.3) is 10.9 Å². The second-order valence-electron chi connectivity index (χ2n) is 4.57. The molecule has 1 unspecified atom stereocenters. The molecule has 2 rings (SSSR count). The number of carbonyl (C=O) groups is 1. The average Bonchev–Trinajstić information content (AvgIpc) is 3.04. The number of hydrogen-bond donors (Lipinski definition) is 0. The summed E-state index contributed by atoms with van der Waals surface area (Å²) in [4.78, 5) is 14.4. The molecule has 2 aromatic rings. The van der Waals surface area contributed by atoms with Crippen LogP contribution in [-0.4, -0.2) is 18.5 Å². The van der Waals surface area contributed by atoms with E-state index in [9.17, 15) is 4.79 Å². The van der Waals surface area contributed by atoms with Gasteiger partial charge in [-0.15, -0.1) is 8.19 Å². The van der Waals surface area contributed by atoms with E-state index in [1.165, 1.54) is 15.1 Å². The molecule has 2 nitrogen and oxygen atoms in total. The van der Waals surface area contributed by atoms with Gasteiger partial charge in [0.05, 0.1) is 0 Å². The summed E-state index contributed by atoms with van der Waals surface area (Å²) in [6.07, 6.45) is 5.39. The van der Waals surface area contributed by atoms with E-state index in [4.69, 9.17) is 4.74 Å². The van der Waals surface area contributed by atoms with Gasteiger partial charge in [-0.2, -0.15) is 0 Å². The Labute approximate surface area is 155 Å². The summed E-state index contributed by atoms with van der Waals surface area (Å²) in [7, 11) is 7.55. The third-order valence-electron chi connectivity index (χ3n) is 2.97. The first-order chi connectivity index (χ1) is 11.2. The third-order valence-corrected chi connectivity index (χ3v) is 7.67. The smallest absolute Gasteiger partial charge is 0.311 e. The maximum Gasteiger partial charge on any atom is 0.311 e. The summed E-state index contributed by atoms with van der Waals surface area (Å²) in [6.45, 7) is 1.99. The molecule has 1 aromatic carbocycles. The summed E-state index contributed by atoms with van der Waals surface area (Å²) in [5.74, 6) is 2.69. The van der Waals surface area contributed by atoms with Crippen LogP contribution in [0.1, 0.15) is 19.8 Å². The summed E-state index contributed by atoms with van der Waals surface area (Å²) >= 11 is 0. The van der Waals surface area contributed by atoms with Crippen molar-refractivity contribution in [3.05, 3.63) is 30.1 Å². The topological polar surface area (TPSA) is 26.3 Å². The van der Waals surface area contributed by atoms with E-state index in [1.807, 2.05) is 13.0 Å². The fourth-order valence-electron chi connectivity index (χ4n) is 2.07. The second kappa shape index (κ2) is 10.00. The Morgan fingerprint density at radius 3 is 2.57 bits per heavy atom. The van der Waals surface area contributed by atoms with Crippen molar-refractivity contribution in [3.63, 3.8) is 0 Å². The molecule has 0 bridgehead atoms. The Hall–Kier alpha value is -0.130. The van der Waals surface area contributed by atoms with Gasteiger partial charge in [0.25, 0.3) is 0 Å². The van der Waals surface area contributed by atoms with Gasteiger partial charge in [-0.1, -0.05) is 62.2 Å². The standard InChI is InChI=1S/C16H19O2PS4/c1-4-6-14(17)18-11-8-9-13(22-20-2)16(23-21-3)15(11)12-7-5-10-19-12/h5,7-10,19H,4,6H2,1-3H3. The lowest BCUT2D eigenvalue weighted by molar-refractivity contribution is -0.134. The van der Waals surface area contributed by atoms with Crippen LogP contribution in [0, 0.1) is 0 Å². The Morgan fingerprint density at radius 1 is 1.17 bits per heavy atom. The van der Waals surface area contributed by atoms with Crippen LogP contribution in [0.4, 0.5) is 0 Å². The van der Waals surface area contributed by atoms with Gasteiger partial charge in [0.2, 0.25) is 0 Å². The van der Waals surface area contributed by atoms with Gasteiger partial charge in [-0.05, 0) is 36.9 Å². The summed E-state index contributed by atoms with van der Waals surface area (Å²) in [5, 5.41) is 1.24. The average molecular weight is 403 g/mol. The Morgan fingerprint density at radius 2 is 1.96 bits per heavy atom. The first-order valence-electron chi connectivity index (χ1n) is 7.14. The van der Waals surface area contributed by atoms with Crippen LogP contribution in [0.2, 0.25) is 0 Å². The highest BCUT2D eigenvalue weighted by atomic mass is 33.1. The maximum atomic E-state index is 12.0. The van der Waals surface area contributed by atoms with E-state index < -0.39 is 0 Å². The lowest BCUT2D eigenvalue weighted by Crippen LogP contribution is -2.08. The minimum atomic E-state index is -0.158. The van der Waals surface area contributed by atoms with Crippen molar-refractivity contribution < 1.29 is 9.53 Å². The molecular weight excluding hydrogens is 383 g/mol. The van der Waals surface area contributed by atoms with Gasteiger partial charge >= 0.3 is 5.97 Å². The molecule has 0 aliphatic carbocycles. The predicted molar refractivity (Wildman–Crippen MR) is 111 cm³/mol. The molecule has 0 N–H and O–H groups in total. The molecular formula is C16H19O2PS4. The van der Waals surface area contributed by atoms with Crippen LogP contribution in [0.5, 0.6) is 5.75 Å². The lowest BCUT2D eigenvalue weighted by Gasteiger charge is -2.16. The predicted octanol–water partition coefficient (Wildman–Crippen LogP) is 6.83. The number of benzene rings is 1. The molecule has 7 heteroatoms. The molecule has 0 aliphatic rings. The van der Waals surface area contributed by atoms with Gasteiger partial charge in [0, 0.05) is 27.1 Å². The lowest BCUT2D eigenvalue weighted by atomic mass is 10.1. The zero-order valence-electron chi connectivity index (χ0n) is 13.3. The van der Waals surface area contributed by atoms with Crippen molar-refractivity contribution in [2.45, 2.75) is 29.6 Å². The molecule has 0 saturated carbocycles. The molecule has 1 heterocycles. The zero-order chi connectivity index (χ0) is 16.7. The van der Waals surface area contributed by atoms with Crippen molar-refractivity contribution in [1.82, 2.24) is 0 Å². The van der Waals surface area contributed by atoms with Gasteiger partial charge in [0.15, 0.2) is 0 Å². The Balaban J connectivity index is 2.52. The number of ether oxygens (including phenoxy) is 1. The summed E-state index contributed by atoms with van der Waals surface area (Å²) < 4.78 is 5.68. The van der Waals surface area contributed by atoms with Crippen molar-refractivity contribution in [2.24, 2.45) is 0 Å². The highest BCUT2D eigenvalue weighted by Crippen LogP contribution is 2.50. The molecule has 1 aromatic heterocycles. The molecule has 0 fully saturated rings. The first-order valence-corrected chi connectivity index (χ1v) is 13.3. The van der Waals surface area contributed by atoms with E-state index in [0.717, 1.165) is 12.0 Å². The van der Waals surface area contributed by atoms with Crippen molar-refractivity contribution in [1.29, 1.82) is 0 Å². The van der Waals surface area contributed by atoms with Crippen molar-refractivity contribution >= 4 is 57.3 Å². The van der Waals surface area contributed by atoms with Crippen LogP contribution in [0.3, 0.4) is 0 Å². The molecule has 0 radical (unpaired) electrons. The number of rotatable bonds is 8. The second-order valence-corrected chi connectivity index (χ2v) is 10.6. The van der Waals surface area contributed by atoms with E-state index in [-0.39, 0.29) is 5.97 Å². The van der Waals surface area contributed by atoms with Gasteiger partial charge < -0.3 is 4.74 Å². The van der Waals surface area contributed by atoms with Gasteiger partial charge in [-0.25, -0.2) is 0 Å². The molecule has 0 aliphatic heterocycles. The molecule has 124 valence electrons. The minimum absolute atomic E-state index is 0.158. The number of esters is 1. The molecule has 0 amide bonds. The van der Waals surface area contributed by atoms with E-state index in [2.05, 4.69) is 36.5 Å². The highest BCUT2D eigenvalue weighted by Gasteiger charge is 2.19. The van der Waals surface area contributed by atoms with Gasteiger partial charge in [-0.3, -0.25) is 4.79 Å². The van der Waals surface area contributed by atoms with E-state index >= 15 is 0 Å². The Bertz CT molecular complexity index is 644. The minimum Gasteiger partial charge on any atom is -0.426 e. The molecule has 23 heavy (non-hydrogen) atoms. The number of hydrogen-bond acceptors (Lipinski definition) is 6. The van der Waals surface area contributed by atoms with Crippen LogP contribution >= 0.6 is 51.4 Å². The highest BCUT2D eigenvalue weighted by molar-refractivity contribution is 8.77. The molecule has 0 saturated heterocycles. The van der Waals surface area contributed by atoms with Crippen LogP contribution < -0.4 is 4.74 Å². The zero-order valence-corrected chi connectivity index (χ0v) is 17.5. The fourth-order valence-corrected chi connectivity index (χ4v) is 6.75. The van der Waals surface area contributed by atoms with E-state index in [1.54, 1.807) is 43.2 Å². The number of carbonyl (C=O) groups excluding carboxylic acids is 1. The third kappa shape index (κ3) is 5.17. The maximum absolute atomic E-state index is 12.0. The van der Waals surface area contributed by atoms with Crippen molar-refractivity contribution in [3.8, 4) is 16.6 Å². The van der Waals surface area contributed by atoms with Crippen molar-refractivity contribution in [2.75, 3.05) is 12.5 Å². The monoisotopic (exact) mass is 402 g/mol. The quantitative estimate of drug-likeness (QED) is 0.273. The largest absolute Gasteiger partial charge is 0.426 e. The van der Waals surface area contributed by atoms with Gasteiger partial charge in [0.1, 0.15) is 5.75 Å². The molecule has 0 spiro atoms. The van der Waals surface area contributed by atoms with E-state index in [0.29, 0.717) is 20.4 Å². The summed E-state index contributed by atoms with van der Waals surface area (Å²) in [5.41, 5.74) is 1.08. The SMILES string of the molecule is CCCC(=O)Oc1ccc(SSC)c(SSC)c1-c1ccc[pH]1.